The second-order valence-corrected chi connectivity index (χ2v) is 8.91. The van der Waals surface area contributed by atoms with E-state index in [0.29, 0.717) is 11.3 Å². The van der Waals surface area contributed by atoms with Crippen molar-refractivity contribution in [3.05, 3.63) is 76.4 Å². The number of hydrogen-bond donors (Lipinski definition) is 1. The smallest absolute Gasteiger partial charge is 0.0558 e. The highest BCUT2D eigenvalue weighted by molar-refractivity contribution is 5.83. The van der Waals surface area contributed by atoms with Crippen molar-refractivity contribution >= 4 is 5.57 Å². The van der Waals surface area contributed by atoms with Crippen LogP contribution in [0.15, 0.2) is 54.1 Å². The average molecular weight is 362 g/mol. The van der Waals surface area contributed by atoms with Gasteiger partial charge in [-0.05, 0) is 47.9 Å². The van der Waals surface area contributed by atoms with Crippen molar-refractivity contribution in [3.8, 4) is 0 Å². The molecule has 2 fully saturated rings. The molecule has 2 aromatic rings. The molecule has 1 aliphatic heterocycles. The van der Waals surface area contributed by atoms with E-state index in [1.807, 2.05) is 0 Å². The van der Waals surface area contributed by atoms with Gasteiger partial charge in [-0.25, -0.2) is 0 Å². The van der Waals surface area contributed by atoms with Gasteiger partial charge in [0.25, 0.3) is 0 Å². The molecule has 142 valence electrons. The Morgan fingerprint density at radius 1 is 0.963 bits per heavy atom. The Morgan fingerprint density at radius 2 is 1.52 bits per heavy atom. The van der Waals surface area contributed by atoms with Gasteiger partial charge in [-0.2, -0.15) is 0 Å². The first kappa shape index (κ1) is 18.5. The minimum absolute atomic E-state index is 0.273. The Hall–Kier alpha value is -1.90. The number of benzene rings is 2. The van der Waals surface area contributed by atoms with E-state index in [-0.39, 0.29) is 6.61 Å². The van der Waals surface area contributed by atoms with Crippen LogP contribution in [0.5, 0.6) is 0 Å². The highest BCUT2D eigenvalue weighted by Gasteiger charge is 2.50. The lowest BCUT2D eigenvalue weighted by atomic mass is 9.59. The number of likely N-dealkylation sites (tertiary alicyclic amines) is 1. The normalized spacial score (nSPS) is 18.5. The van der Waals surface area contributed by atoms with Crippen molar-refractivity contribution < 1.29 is 5.11 Å². The Morgan fingerprint density at radius 3 is 2.04 bits per heavy atom. The standard InChI is InChI=1S/C25H31NO/c1-18(2)20-8-10-22(11-9-20)24(21-6-4-19(3)5-7-21)23-14-25(15-23)16-26(17-25)12-13-27/h4-11,18,27H,12-17H2,1-3H3. The first-order chi connectivity index (χ1) is 13.0. The summed E-state index contributed by atoms with van der Waals surface area (Å²) in [6, 6.07) is 18.2. The van der Waals surface area contributed by atoms with Crippen LogP contribution in [0.3, 0.4) is 0 Å². The molecule has 0 unspecified atom stereocenters. The molecule has 2 aliphatic rings. The van der Waals surface area contributed by atoms with Crippen molar-refractivity contribution in [1.82, 2.24) is 4.90 Å². The number of aliphatic hydroxyl groups excluding tert-OH is 1. The summed E-state index contributed by atoms with van der Waals surface area (Å²) in [6.45, 7) is 10.0. The first-order valence-corrected chi connectivity index (χ1v) is 10.2. The van der Waals surface area contributed by atoms with Crippen molar-refractivity contribution in [1.29, 1.82) is 0 Å². The molecule has 4 rings (SSSR count). The number of aryl methyl sites for hydroxylation is 1. The third-order valence-corrected chi connectivity index (χ3v) is 6.27. The predicted octanol–water partition coefficient (Wildman–Crippen LogP) is 5.01. The Bertz CT molecular complexity index is 814. The monoisotopic (exact) mass is 361 g/mol. The lowest BCUT2D eigenvalue weighted by molar-refractivity contribution is -0.0366. The summed E-state index contributed by atoms with van der Waals surface area (Å²) in [5.74, 6) is 0.564. The molecule has 1 spiro atoms. The minimum Gasteiger partial charge on any atom is -0.395 e. The molecule has 1 N–H and O–H groups in total. The maximum Gasteiger partial charge on any atom is 0.0558 e. The molecule has 2 aromatic carbocycles. The summed E-state index contributed by atoms with van der Waals surface area (Å²) in [7, 11) is 0. The summed E-state index contributed by atoms with van der Waals surface area (Å²) >= 11 is 0. The van der Waals surface area contributed by atoms with Crippen LogP contribution in [0, 0.1) is 12.3 Å². The van der Waals surface area contributed by atoms with Crippen LogP contribution in [0.4, 0.5) is 0 Å². The molecular weight excluding hydrogens is 330 g/mol. The third kappa shape index (κ3) is 3.61. The van der Waals surface area contributed by atoms with Crippen LogP contribution >= 0.6 is 0 Å². The highest BCUT2D eigenvalue weighted by Crippen LogP contribution is 2.54. The van der Waals surface area contributed by atoms with Crippen LogP contribution in [-0.2, 0) is 0 Å². The highest BCUT2D eigenvalue weighted by atomic mass is 16.3. The van der Waals surface area contributed by atoms with Gasteiger partial charge in [-0.15, -0.1) is 0 Å². The van der Waals surface area contributed by atoms with Crippen LogP contribution in [-0.4, -0.2) is 36.2 Å². The van der Waals surface area contributed by atoms with Gasteiger partial charge in [0.2, 0.25) is 0 Å². The lowest BCUT2D eigenvalue weighted by Crippen LogP contribution is -2.60. The summed E-state index contributed by atoms with van der Waals surface area (Å²) in [6.07, 6.45) is 2.40. The van der Waals surface area contributed by atoms with E-state index >= 15 is 0 Å². The lowest BCUT2D eigenvalue weighted by Gasteiger charge is -2.57. The molecular formula is C25H31NO. The second kappa shape index (κ2) is 7.26. The van der Waals surface area contributed by atoms with Gasteiger partial charge >= 0.3 is 0 Å². The fourth-order valence-corrected chi connectivity index (χ4v) is 4.79. The van der Waals surface area contributed by atoms with Gasteiger partial charge in [0.05, 0.1) is 6.61 Å². The molecule has 27 heavy (non-hydrogen) atoms. The number of aliphatic hydroxyl groups is 1. The number of nitrogens with zero attached hydrogens (tertiary/aromatic N) is 1. The van der Waals surface area contributed by atoms with E-state index in [1.165, 1.54) is 40.7 Å². The van der Waals surface area contributed by atoms with Crippen molar-refractivity contribution in [3.63, 3.8) is 0 Å². The Balaban J connectivity index is 1.63. The quantitative estimate of drug-likeness (QED) is 0.809. The van der Waals surface area contributed by atoms with Crippen LogP contribution in [0.2, 0.25) is 0 Å². The molecule has 1 saturated carbocycles. The summed E-state index contributed by atoms with van der Waals surface area (Å²) in [5, 5.41) is 9.13. The molecule has 1 aliphatic carbocycles. The SMILES string of the molecule is Cc1ccc(C(=C2CC3(C2)CN(CCO)C3)c2ccc(C(C)C)cc2)cc1. The van der Waals surface area contributed by atoms with Crippen LogP contribution in [0.25, 0.3) is 5.57 Å². The Kier molecular flexibility index (Phi) is 4.96. The molecule has 0 atom stereocenters. The second-order valence-electron chi connectivity index (χ2n) is 8.91. The van der Waals surface area contributed by atoms with Gasteiger partial charge in [0.15, 0.2) is 0 Å². The largest absolute Gasteiger partial charge is 0.395 e. The molecule has 0 aromatic heterocycles. The van der Waals surface area contributed by atoms with Crippen molar-refractivity contribution in [2.24, 2.45) is 5.41 Å². The molecule has 0 radical (unpaired) electrons. The molecule has 0 bridgehead atoms. The summed E-state index contributed by atoms with van der Waals surface area (Å²) in [5.41, 5.74) is 8.90. The van der Waals surface area contributed by atoms with Gasteiger partial charge in [0.1, 0.15) is 0 Å². The molecule has 2 nitrogen and oxygen atoms in total. The minimum atomic E-state index is 0.273. The summed E-state index contributed by atoms with van der Waals surface area (Å²) in [4.78, 5) is 2.37. The topological polar surface area (TPSA) is 23.5 Å². The van der Waals surface area contributed by atoms with E-state index in [0.717, 1.165) is 19.6 Å². The van der Waals surface area contributed by atoms with E-state index in [1.54, 1.807) is 5.57 Å². The van der Waals surface area contributed by atoms with Gasteiger partial charge < -0.3 is 5.11 Å². The zero-order chi connectivity index (χ0) is 19.0. The van der Waals surface area contributed by atoms with Gasteiger partial charge in [0, 0.05) is 25.0 Å². The van der Waals surface area contributed by atoms with Crippen LogP contribution < -0.4 is 0 Å². The molecule has 1 saturated heterocycles. The number of rotatable bonds is 5. The molecule has 2 heteroatoms. The van der Waals surface area contributed by atoms with E-state index in [4.69, 9.17) is 5.11 Å². The van der Waals surface area contributed by atoms with E-state index < -0.39 is 0 Å². The number of allylic oxidation sites excluding steroid dienone is 1. The summed E-state index contributed by atoms with van der Waals surface area (Å²) < 4.78 is 0. The molecule has 1 heterocycles. The fraction of sp³-hybridized carbons (Fsp3) is 0.440. The Labute approximate surface area is 163 Å². The third-order valence-electron chi connectivity index (χ3n) is 6.27. The molecule has 0 amide bonds. The van der Waals surface area contributed by atoms with Gasteiger partial charge in [-0.1, -0.05) is 73.5 Å². The van der Waals surface area contributed by atoms with Crippen LogP contribution in [0.1, 0.15) is 54.9 Å². The van der Waals surface area contributed by atoms with Crippen molar-refractivity contribution in [2.45, 2.75) is 39.5 Å². The first-order valence-electron chi connectivity index (χ1n) is 10.2. The zero-order valence-electron chi connectivity index (χ0n) is 16.8. The van der Waals surface area contributed by atoms with Gasteiger partial charge in [-0.3, -0.25) is 4.90 Å². The number of hydrogen-bond acceptors (Lipinski definition) is 2. The van der Waals surface area contributed by atoms with E-state index in [9.17, 15) is 0 Å². The average Bonchev–Trinajstić information content (AvgIpc) is 2.60. The maximum atomic E-state index is 9.13. The zero-order valence-corrected chi connectivity index (χ0v) is 16.8. The van der Waals surface area contributed by atoms with E-state index in [2.05, 4.69) is 74.2 Å². The maximum absolute atomic E-state index is 9.13. The van der Waals surface area contributed by atoms with Crippen molar-refractivity contribution in [2.75, 3.05) is 26.2 Å². The predicted molar refractivity (Wildman–Crippen MR) is 113 cm³/mol. The fourth-order valence-electron chi connectivity index (χ4n) is 4.79. The number of β-amino-alcohol motifs (C(OH)–C–C–N with tert-alkyl or cyclic N) is 1.